The summed E-state index contributed by atoms with van der Waals surface area (Å²) in [5.74, 6) is 0.715. The summed E-state index contributed by atoms with van der Waals surface area (Å²) in [6, 6.07) is 15.5. The third-order valence-corrected chi connectivity index (χ3v) is 5.45. The second-order valence-corrected chi connectivity index (χ2v) is 7.32. The first-order valence-electron chi connectivity index (χ1n) is 9.88. The van der Waals surface area contributed by atoms with Gasteiger partial charge in [0.15, 0.2) is 11.5 Å². The van der Waals surface area contributed by atoms with Crippen molar-refractivity contribution in [2.45, 2.75) is 12.8 Å². The van der Waals surface area contributed by atoms with Gasteiger partial charge in [0.05, 0.1) is 12.8 Å². The molecule has 0 aliphatic carbocycles. The lowest BCUT2D eigenvalue weighted by molar-refractivity contribution is 0.0645. The number of carbonyl (C=O) groups is 2. The Morgan fingerprint density at radius 3 is 2.30 bits per heavy atom. The number of nitrogens with zero attached hydrogens (tertiary/aromatic N) is 3. The molecular weight excluding hydrogens is 382 g/mol. The second kappa shape index (κ2) is 8.41. The van der Waals surface area contributed by atoms with Crippen molar-refractivity contribution in [3.8, 4) is 17.2 Å². The molecule has 7 nitrogen and oxygen atoms in total. The Labute approximate surface area is 174 Å². The fourth-order valence-corrected chi connectivity index (χ4v) is 3.68. The number of hydrogen-bond acceptors (Lipinski definition) is 5. The molecule has 0 atom stereocenters. The van der Waals surface area contributed by atoms with Gasteiger partial charge in [-0.2, -0.15) is 5.10 Å². The number of phenols is 1. The van der Waals surface area contributed by atoms with Gasteiger partial charge in [-0.1, -0.05) is 0 Å². The SMILES string of the molecule is COc1ccc(-n2ccc(C(=O)N3CCC(C(=O)c4ccc(O)cc4)CC3)n2)cc1. The number of methoxy groups -OCH3 is 1. The van der Waals surface area contributed by atoms with E-state index >= 15 is 0 Å². The number of hydrogen-bond donors (Lipinski definition) is 1. The average Bonchev–Trinajstić information content (AvgIpc) is 3.29. The molecule has 3 aromatic rings. The van der Waals surface area contributed by atoms with Gasteiger partial charge in [0, 0.05) is 30.8 Å². The van der Waals surface area contributed by atoms with Crippen molar-refractivity contribution >= 4 is 11.7 Å². The lowest BCUT2D eigenvalue weighted by atomic mass is 9.89. The van der Waals surface area contributed by atoms with E-state index in [4.69, 9.17) is 4.74 Å². The number of rotatable bonds is 5. The summed E-state index contributed by atoms with van der Waals surface area (Å²) in [7, 11) is 1.61. The summed E-state index contributed by atoms with van der Waals surface area (Å²) in [6.07, 6.45) is 2.99. The monoisotopic (exact) mass is 405 g/mol. The summed E-state index contributed by atoms with van der Waals surface area (Å²) in [5, 5.41) is 13.8. The summed E-state index contributed by atoms with van der Waals surface area (Å²) in [6.45, 7) is 1.03. The second-order valence-electron chi connectivity index (χ2n) is 7.32. The number of ketones is 1. The Hall–Kier alpha value is -3.61. The molecule has 1 aliphatic rings. The quantitative estimate of drug-likeness (QED) is 0.658. The van der Waals surface area contributed by atoms with Crippen molar-refractivity contribution in [2.75, 3.05) is 20.2 Å². The molecule has 4 rings (SSSR count). The van der Waals surface area contributed by atoms with Crippen LogP contribution in [0.5, 0.6) is 11.5 Å². The van der Waals surface area contributed by atoms with Gasteiger partial charge in [-0.25, -0.2) is 4.68 Å². The Balaban J connectivity index is 1.38. The van der Waals surface area contributed by atoms with Gasteiger partial charge in [0.25, 0.3) is 5.91 Å². The lowest BCUT2D eigenvalue weighted by Crippen LogP contribution is -2.40. The largest absolute Gasteiger partial charge is 0.508 e. The normalized spacial score (nSPS) is 14.5. The van der Waals surface area contributed by atoms with Gasteiger partial charge in [-0.05, 0) is 67.4 Å². The minimum atomic E-state index is -0.127. The number of aromatic hydroxyl groups is 1. The van der Waals surface area contributed by atoms with Crippen LogP contribution in [-0.2, 0) is 0 Å². The number of aromatic nitrogens is 2. The Kier molecular flexibility index (Phi) is 5.52. The smallest absolute Gasteiger partial charge is 0.274 e. The molecule has 1 fully saturated rings. The number of piperidine rings is 1. The molecule has 1 amide bonds. The molecule has 1 N–H and O–H groups in total. The third-order valence-electron chi connectivity index (χ3n) is 5.45. The van der Waals surface area contributed by atoms with E-state index in [-0.39, 0.29) is 23.4 Å². The standard InChI is InChI=1S/C23H23N3O4/c1-30-20-8-4-18(5-9-20)26-15-12-21(24-26)23(29)25-13-10-17(11-14-25)22(28)16-2-6-19(27)7-3-16/h2-9,12,15,17,27H,10-11,13-14H2,1H3. The maximum absolute atomic E-state index is 12.8. The van der Waals surface area contributed by atoms with E-state index in [1.165, 1.54) is 12.1 Å². The predicted molar refractivity (Wildman–Crippen MR) is 111 cm³/mol. The molecule has 0 saturated carbocycles. The number of likely N-dealkylation sites (tertiary alicyclic amines) is 1. The van der Waals surface area contributed by atoms with Crippen molar-refractivity contribution in [2.24, 2.45) is 5.92 Å². The summed E-state index contributed by atoms with van der Waals surface area (Å²) >= 11 is 0. The summed E-state index contributed by atoms with van der Waals surface area (Å²) in [4.78, 5) is 27.3. The minimum absolute atomic E-state index is 0.0610. The van der Waals surface area contributed by atoms with E-state index in [2.05, 4.69) is 5.10 Å². The van der Waals surface area contributed by atoms with Crippen LogP contribution in [0.15, 0.2) is 60.8 Å². The molecule has 2 aromatic carbocycles. The van der Waals surface area contributed by atoms with Gasteiger partial charge < -0.3 is 14.7 Å². The molecule has 30 heavy (non-hydrogen) atoms. The van der Waals surface area contributed by atoms with E-state index in [1.807, 2.05) is 24.3 Å². The highest BCUT2D eigenvalue weighted by atomic mass is 16.5. The zero-order valence-electron chi connectivity index (χ0n) is 16.7. The number of Topliss-reactive ketones (excluding diaryl/α,β-unsaturated/α-hetero) is 1. The first-order chi connectivity index (χ1) is 14.5. The zero-order valence-corrected chi connectivity index (χ0v) is 16.7. The van der Waals surface area contributed by atoms with Crippen LogP contribution in [0.25, 0.3) is 5.69 Å². The molecule has 0 spiro atoms. The molecule has 1 aliphatic heterocycles. The highest BCUT2D eigenvalue weighted by Crippen LogP contribution is 2.24. The van der Waals surface area contributed by atoms with E-state index in [9.17, 15) is 14.7 Å². The Morgan fingerprint density at radius 2 is 1.67 bits per heavy atom. The maximum atomic E-state index is 12.8. The van der Waals surface area contributed by atoms with E-state index in [0.29, 0.717) is 37.2 Å². The van der Waals surface area contributed by atoms with Gasteiger partial charge >= 0.3 is 0 Å². The number of ether oxygens (including phenoxy) is 1. The molecule has 2 heterocycles. The van der Waals surface area contributed by atoms with Crippen molar-refractivity contribution < 1.29 is 19.4 Å². The van der Waals surface area contributed by atoms with Gasteiger partial charge in [0.1, 0.15) is 11.5 Å². The minimum Gasteiger partial charge on any atom is -0.508 e. The maximum Gasteiger partial charge on any atom is 0.274 e. The van der Waals surface area contributed by atoms with Crippen LogP contribution in [0.4, 0.5) is 0 Å². The van der Waals surface area contributed by atoms with Gasteiger partial charge in [-0.15, -0.1) is 0 Å². The number of benzene rings is 2. The number of amides is 1. The zero-order chi connectivity index (χ0) is 21.1. The molecule has 7 heteroatoms. The van der Waals surface area contributed by atoms with Crippen molar-refractivity contribution in [1.29, 1.82) is 0 Å². The Morgan fingerprint density at radius 1 is 1.00 bits per heavy atom. The lowest BCUT2D eigenvalue weighted by Gasteiger charge is -2.30. The first-order valence-corrected chi connectivity index (χ1v) is 9.88. The molecular formula is C23H23N3O4. The van der Waals surface area contributed by atoms with Crippen molar-refractivity contribution in [1.82, 2.24) is 14.7 Å². The predicted octanol–water partition coefficient (Wildman–Crippen LogP) is 3.32. The van der Waals surface area contributed by atoms with Crippen LogP contribution in [-0.4, -0.2) is 51.7 Å². The van der Waals surface area contributed by atoms with E-state index in [0.717, 1.165) is 11.4 Å². The molecule has 0 unspecified atom stereocenters. The topological polar surface area (TPSA) is 84.7 Å². The van der Waals surface area contributed by atoms with Gasteiger partial charge in [0.2, 0.25) is 0 Å². The van der Waals surface area contributed by atoms with Crippen LogP contribution in [0.3, 0.4) is 0 Å². The third kappa shape index (κ3) is 4.05. The first kappa shape index (κ1) is 19.7. The Bertz CT molecular complexity index is 1030. The number of carbonyl (C=O) groups excluding carboxylic acids is 2. The van der Waals surface area contributed by atoms with E-state index < -0.39 is 0 Å². The van der Waals surface area contributed by atoms with E-state index in [1.54, 1.807) is 41.1 Å². The summed E-state index contributed by atoms with van der Waals surface area (Å²) < 4.78 is 6.82. The fraction of sp³-hybridized carbons (Fsp3) is 0.261. The highest BCUT2D eigenvalue weighted by Gasteiger charge is 2.29. The number of phenolic OH excluding ortho intramolecular Hbond substituents is 1. The van der Waals surface area contributed by atoms with Crippen LogP contribution >= 0.6 is 0 Å². The van der Waals surface area contributed by atoms with Gasteiger partial charge in [-0.3, -0.25) is 9.59 Å². The van der Waals surface area contributed by atoms with Crippen LogP contribution in [0.1, 0.15) is 33.7 Å². The molecule has 154 valence electrons. The van der Waals surface area contributed by atoms with Crippen LogP contribution in [0.2, 0.25) is 0 Å². The fourth-order valence-electron chi connectivity index (χ4n) is 3.68. The molecule has 1 saturated heterocycles. The van der Waals surface area contributed by atoms with Crippen LogP contribution in [0, 0.1) is 5.92 Å². The van der Waals surface area contributed by atoms with Crippen molar-refractivity contribution in [3.05, 3.63) is 72.1 Å². The molecule has 0 bridgehead atoms. The highest BCUT2D eigenvalue weighted by molar-refractivity contribution is 5.98. The average molecular weight is 405 g/mol. The van der Waals surface area contributed by atoms with Crippen molar-refractivity contribution in [3.63, 3.8) is 0 Å². The van der Waals surface area contributed by atoms with Crippen LogP contribution < -0.4 is 4.74 Å². The molecule has 1 aromatic heterocycles. The summed E-state index contributed by atoms with van der Waals surface area (Å²) in [5.41, 5.74) is 1.82. The molecule has 0 radical (unpaired) electrons.